The fourth-order valence-electron chi connectivity index (χ4n) is 3.24. The number of rotatable bonds is 5. The van der Waals surface area contributed by atoms with E-state index in [2.05, 4.69) is 56.9 Å². The predicted octanol–water partition coefficient (Wildman–Crippen LogP) is 3.79. The molecular weight excluding hydrogens is 244 g/mol. The number of hydrogen-bond acceptors (Lipinski definition) is 2. The molecule has 2 nitrogen and oxygen atoms in total. The number of hydrogen-bond donors (Lipinski definition) is 1. The molecule has 0 amide bonds. The largest absolute Gasteiger partial charge is 0.329 e. The van der Waals surface area contributed by atoms with Gasteiger partial charge in [-0.15, -0.1) is 0 Å². The van der Waals surface area contributed by atoms with Crippen molar-refractivity contribution in [3.63, 3.8) is 0 Å². The maximum absolute atomic E-state index is 6.06. The fourth-order valence-corrected chi connectivity index (χ4v) is 3.24. The summed E-state index contributed by atoms with van der Waals surface area (Å²) in [6.45, 7) is 12.3. The van der Waals surface area contributed by atoms with E-state index in [1.165, 1.54) is 30.6 Å². The van der Waals surface area contributed by atoms with E-state index < -0.39 is 0 Å². The van der Waals surface area contributed by atoms with Crippen molar-refractivity contribution < 1.29 is 0 Å². The number of benzene rings is 1. The van der Waals surface area contributed by atoms with Gasteiger partial charge in [0.05, 0.1) is 0 Å². The molecule has 0 aliphatic carbocycles. The Labute approximate surface area is 124 Å². The molecule has 2 unspecified atom stereocenters. The molecule has 2 heteroatoms. The van der Waals surface area contributed by atoms with Crippen molar-refractivity contribution in [3.05, 3.63) is 35.4 Å². The smallest absolute Gasteiger partial charge is 0.0470 e. The van der Waals surface area contributed by atoms with Crippen molar-refractivity contribution in [1.29, 1.82) is 0 Å². The van der Waals surface area contributed by atoms with Crippen LogP contribution in [-0.4, -0.2) is 24.5 Å². The highest BCUT2D eigenvalue weighted by molar-refractivity contribution is 5.27. The lowest BCUT2D eigenvalue weighted by Crippen LogP contribution is -2.32. The molecule has 0 aromatic heterocycles. The van der Waals surface area contributed by atoms with E-state index in [9.17, 15) is 0 Å². The van der Waals surface area contributed by atoms with Crippen molar-refractivity contribution in [1.82, 2.24) is 4.90 Å². The Morgan fingerprint density at radius 2 is 1.70 bits per heavy atom. The van der Waals surface area contributed by atoms with Crippen molar-refractivity contribution >= 4 is 0 Å². The van der Waals surface area contributed by atoms with Gasteiger partial charge in [0, 0.05) is 19.1 Å². The van der Waals surface area contributed by atoms with Gasteiger partial charge in [0.1, 0.15) is 0 Å². The molecule has 2 atom stereocenters. The molecule has 2 N–H and O–H groups in total. The first-order chi connectivity index (χ1) is 9.52. The van der Waals surface area contributed by atoms with Crippen LogP contribution in [0.3, 0.4) is 0 Å². The Kier molecular flexibility index (Phi) is 5.22. The van der Waals surface area contributed by atoms with Gasteiger partial charge in [-0.05, 0) is 41.8 Å². The highest BCUT2D eigenvalue weighted by Crippen LogP contribution is 2.31. The highest BCUT2D eigenvalue weighted by Gasteiger charge is 2.29. The van der Waals surface area contributed by atoms with Gasteiger partial charge in [0.2, 0.25) is 0 Å². The summed E-state index contributed by atoms with van der Waals surface area (Å²) in [5.41, 5.74) is 8.85. The third-order valence-corrected chi connectivity index (χ3v) is 4.85. The van der Waals surface area contributed by atoms with Crippen molar-refractivity contribution in [2.24, 2.45) is 17.6 Å². The second kappa shape index (κ2) is 6.73. The molecule has 0 spiro atoms. The Hall–Kier alpha value is -0.860. The van der Waals surface area contributed by atoms with Crippen molar-refractivity contribution in [2.75, 3.05) is 19.6 Å². The van der Waals surface area contributed by atoms with E-state index in [-0.39, 0.29) is 0 Å². The summed E-state index contributed by atoms with van der Waals surface area (Å²) in [4.78, 5) is 2.58. The van der Waals surface area contributed by atoms with Crippen LogP contribution in [0.2, 0.25) is 0 Å². The molecule has 1 aliphatic heterocycles. The molecule has 1 saturated heterocycles. The van der Waals surface area contributed by atoms with Crippen LogP contribution in [0.25, 0.3) is 0 Å². The van der Waals surface area contributed by atoms with E-state index in [1.807, 2.05) is 0 Å². The quantitative estimate of drug-likeness (QED) is 0.885. The molecule has 2 rings (SSSR count). The molecule has 0 bridgehead atoms. The lowest BCUT2D eigenvalue weighted by atomic mass is 9.95. The summed E-state index contributed by atoms with van der Waals surface area (Å²) in [7, 11) is 0. The third kappa shape index (κ3) is 3.42. The van der Waals surface area contributed by atoms with Crippen LogP contribution in [-0.2, 0) is 0 Å². The normalized spacial score (nSPS) is 21.9. The van der Waals surface area contributed by atoms with Gasteiger partial charge in [0.15, 0.2) is 0 Å². The minimum atomic E-state index is 0.389. The van der Waals surface area contributed by atoms with E-state index in [1.54, 1.807) is 0 Å². The predicted molar refractivity (Wildman–Crippen MR) is 86.8 cm³/mol. The zero-order valence-corrected chi connectivity index (χ0v) is 13.5. The zero-order valence-electron chi connectivity index (χ0n) is 13.5. The van der Waals surface area contributed by atoms with Gasteiger partial charge in [0.25, 0.3) is 0 Å². The van der Waals surface area contributed by atoms with E-state index in [4.69, 9.17) is 5.73 Å². The van der Waals surface area contributed by atoms with E-state index in [0.29, 0.717) is 18.5 Å². The highest BCUT2D eigenvalue weighted by atomic mass is 15.2. The summed E-state index contributed by atoms with van der Waals surface area (Å²) < 4.78 is 0. The van der Waals surface area contributed by atoms with Crippen LogP contribution in [0.4, 0.5) is 0 Å². The lowest BCUT2D eigenvalue weighted by Gasteiger charge is -2.28. The minimum Gasteiger partial charge on any atom is -0.329 e. The first-order valence-electron chi connectivity index (χ1n) is 8.07. The molecule has 0 radical (unpaired) electrons. The van der Waals surface area contributed by atoms with Crippen molar-refractivity contribution in [2.45, 2.75) is 46.1 Å². The first kappa shape index (κ1) is 15.5. The topological polar surface area (TPSA) is 29.3 Å². The average molecular weight is 274 g/mol. The molecule has 1 aromatic rings. The van der Waals surface area contributed by atoms with Crippen LogP contribution in [0.15, 0.2) is 24.3 Å². The third-order valence-electron chi connectivity index (χ3n) is 4.85. The van der Waals surface area contributed by atoms with Gasteiger partial charge in [-0.3, -0.25) is 4.90 Å². The van der Waals surface area contributed by atoms with Crippen LogP contribution in [0.1, 0.15) is 57.2 Å². The Bertz CT molecular complexity index is 408. The number of nitrogens with two attached hydrogens (primary N) is 1. The Balaban J connectivity index is 2.08. The summed E-state index contributed by atoms with van der Waals surface area (Å²) in [6, 6.07) is 9.46. The molecule has 20 heavy (non-hydrogen) atoms. The number of likely N-dealkylation sites (tertiary alicyclic amines) is 1. The van der Waals surface area contributed by atoms with Crippen LogP contribution < -0.4 is 5.73 Å². The summed E-state index contributed by atoms with van der Waals surface area (Å²) in [6.07, 6.45) is 1.32. The molecule has 1 heterocycles. The molecule has 112 valence electrons. The molecule has 1 fully saturated rings. The molecular formula is C18H30N2. The maximum Gasteiger partial charge on any atom is 0.0470 e. The van der Waals surface area contributed by atoms with Crippen LogP contribution in [0.5, 0.6) is 0 Å². The second-order valence-corrected chi connectivity index (χ2v) is 6.86. The standard InChI is InChI=1S/C18H30N2/c1-13(2)15-5-7-16(8-6-15)18(11-19)20-10-9-17(12-20)14(3)4/h5-8,13-14,17-18H,9-12,19H2,1-4H3. The van der Waals surface area contributed by atoms with Crippen LogP contribution >= 0.6 is 0 Å². The Morgan fingerprint density at radius 1 is 1.10 bits per heavy atom. The number of nitrogens with zero attached hydrogens (tertiary/aromatic N) is 1. The Morgan fingerprint density at radius 3 is 2.15 bits per heavy atom. The van der Waals surface area contributed by atoms with Crippen LogP contribution in [0, 0.1) is 11.8 Å². The van der Waals surface area contributed by atoms with Gasteiger partial charge in [-0.25, -0.2) is 0 Å². The summed E-state index contributed by atoms with van der Waals surface area (Å²) in [5.74, 6) is 2.21. The van der Waals surface area contributed by atoms with Gasteiger partial charge < -0.3 is 5.73 Å². The van der Waals surface area contributed by atoms with Gasteiger partial charge in [-0.1, -0.05) is 52.0 Å². The second-order valence-electron chi connectivity index (χ2n) is 6.86. The lowest BCUT2D eigenvalue weighted by molar-refractivity contribution is 0.232. The molecule has 0 saturated carbocycles. The first-order valence-corrected chi connectivity index (χ1v) is 8.07. The monoisotopic (exact) mass is 274 g/mol. The SMILES string of the molecule is CC(C)c1ccc(C(CN)N2CCC(C(C)C)C2)cc1. The summed E-state index contributed by atoms with van der Waals surface area (Å²) >= 11 is 0. The van der Waals surface area contributed by atoms with Gasteiger partial charge >= 0.3 is 0 Å². The molecule has 1 aliphatic rings. The maximum atomic E-state index is 6.06. The van der Waals surface area contributed by atoms with E-state index >= 15 is 0 Å². The van der Waals surface area contributed by atoms with Crippen molar-refractivity contribution in [3.8, 4) is 0 Å². The zero-order chi connectivity index (χ0) is 14.7. The fraction of sp³-hybridized carbons (Fsp3) is 0.667. The minimum absolute atomic E-state index is 0.389. The molecule has 1 aromatic carbocycles. The van der Waals surface area contributed by atoms with Gasteiger partial charge in [-0.2, -0.15) is 0 Å². The average Bonchev–Trinajstić information content (AvgIpc) is 2.90. The summed E-state index contributed by atoms with van der Waals surface area (Å²) in [5, 5.41) is 0. The van der Waals surface area contributed by atoms with E-state index in [0.717, 1.165) is 11.8 Å².